The molecule has 0 fully saturated rings. The fraction of sp³-hybridized carbons (Fsp3) is 0.600. The molecule has 0 aromatic heterocycles. The van der Waals surface area contributed by atoms with Crippen molar-refractivity contribution < 1.29 is 34.7 Å². The zero-order valence-corrected chi connectivity index (χ0v) is 15.4. The number of hydrogen-bond acceptors (Lipinski definition) is 1. The zero-order chi connectivity index (χ0) is 13.4. The molecule has 0 saturated heterocycles. The molecule has 0 aliphatic carbocycles. The molecule has 0 amide bonds. The van der Waals surface area contributed by atoms with Crippen molar-refractivity contribution in [1.82, 2.24) is 0 Å². The Morgan fingerprint density at radius 2 is 1.28 bits per heavy atom. The molecule has 0 saturated carbocycles. The van der Waals surface area contributed by atoms with E-state index in [0.717, 1.165) is 16.7 Å². The first kappa shape index (κ1) is 18.3. The molecule has 1 nitrogen and oxygen atoms in total. The standard InChI is InChI=1S/C15H23ClO.Na/c1-14(2,3)11-7-10(9-16)8-12(13(11)17)15(4,5)6;/h7-8,17H,9H2,1-6H3;/q;+1/p-1. The third-order valence-electron chi connectivity index (χ3n) is 2.92. The van der Waals surface area contributed by atoms with E-state index in [9.17, 15) is 5.11 Å². The van der Waals surface area contributed by atoms with Gasteiger partial charge < -0.3 is 5.11 Å². The third-order valence-corrected chi connectivity index (χ3v) is 3.23. The molecule has 3 heteroatoms. The molecule has 0 unspecified atom stereocenters. The van der Waals surface area contributed by atoms with E-state index in [4.69, 9.17) is 11.6 Å². The summed E-state index contributed by atoms with van der Waals surface area (Å²) in [6.07, 6.45) is 0. The third kappa shape index (κ3) is 4.16. The van der Waals surface area contributed by atoms with Crippen molar-refractivity contribution >= 4 is 11.6 Å². The molecule has 1 aromatic carbocycles. The molecule has 18 heavy (non-hydrogen) atoms. The first-order valence-corrected chi connectivity index (χ1v) is 6.51. The van der Waals surface area contributed by atoms with Crippen LogP contribution in [0.5, 0.6) is 5.75 Å². The van der Waals surface area contributed by atoms with Crippen LogP contribution in [0.3, 0.4) is 0 Å². The van der Waals surface area contributed by atoms with Gasteiger partial charge in [0.1, 0.15) is 0 Å². The van der Waals surface area contributed by atoms with Gasteiger partial charge in [-0.1, -0.05) is 53.7 Å². The van der Waals surface area contributed by atoms with Crippen molar-refractivity contribution in [1.29, 1.82) is 0 Å². The molecule has 0 heterocycles. The fourth-order valence-electron chi connectivity index (χ4n) is 1.88. The van der Waals surface area contributed by atoms with Gasteiger partial charge in [-0.2, -0.15) is 0 Å². The van der Waals surface area contributed by atoms with Crippen molar-refractivity contribution in [3.8, 4) is 5.75 Å². The van der Waals surface area contributed by atoms with Crippen LogP contribution in [-0.2, 0) is 16.7 Å². The maximum Gasteiger partial charge on any atom is 1.00 e. The van der Waals surface area contributed by atoms with Crippen LogP contribution in [0.1, 0.15) is 58.2 Å². The van der Waals surface area contributed by atoms with E-state index in [1.54, 1.807) is 0 Å². The van der Waals surface area contributed by atoms with E-state index in [1.165, 1.54) is 0 Å². The summed E-state index contributed by atoms with van der Waals surface area (Å²) in [4.78, 5) is 0. The largest absolute Gasteiger partial charge is 1.00 e. The zero-order valence-electron chi connectivity index (χ0n) is 12.6. The van der Waals surface area contributed by atoms with Gasteiger partial charge in [-0.05, 0) is 27.5 Å². The minimum atomic E-state index is -0.140. The predicted molar refractivity (Wildman–Crippen MR) is 72.8 cm³/mol. The monoisotopic (exact) mass is 276 g/mol. The molecule has 1 rings (SSSR count). The minimum Gasteiger partial charge on any atom is -0.872 e. The van der Waals surface area contributed by atoms with E-state index in [2.05, 4.69) is 41.5 Å². The van der Waals surface area contributed by atoms with Crippen molar-refractivity contribution in [2.45, 2.75) is 58.3 Å². The van der Waals surface area contributed by atoms with Crippen LogP contribution in [0.25, 0.3) is 0 Å². The van der Waals surface area contributed by atoms with Crippen molar-refractivity contribution in [2.24, 2.45) is 0 Å². The number of hydrogen-bond donors (Lipinski definition) is 0. The molecule has 0 spiro atoms. The van der Waals surface area contributed by atoms with Gasteiger partial charge in [0.15, 0.2) is 0 Å². The molecule has 1 aromatic rings. The van der Waals surface area contributed by atoms with Crippen LogP contribution >= 0.6 is 11.6 Å². The Labute approximate surface area is 138 Å². The molecule has 0 N–H and O–H groups in total. The van der Waals surface area contributed by atoms with Gasteiger partial charge in [0.25, 0.3) is 0 Å². The minimum absolute atomic E-state index is 0. The molecule has 0 radical (unpaired) electrons. The summed E-state index contributed by atoms with van der Waals surface area (Å²) >= 11 is 5.92. The Balaban J connectivity index is 0.00000289. The van der Waals surface area contributed by atoms with E-state index in [-0.39, 0.29) is 46.1 Å². The first-order valence-electron chi connectivity index (χ1n) is 5.98. The molecular formula is C15H22ClNaO. The van der Waals surface area contributed by atoms with Gasteiger partial charge in [0, 0.05) is 5.88 Å². The molecule has 96 valence electrons. The normalized spacial score (nSPS) is 12.2. The second-order valence-electron chi connectivity index (χ2n) is 6.65. The smallest absolute Gasteiger partial charge is 0.872 e. The van der Waals surface area contributed by atoms with Crippen LogP contribution < -0.4 is 34.7 Å². The summed E-state index contributed by atoms with van der Waals surface area (Å²) in [6.45, 7) is 12.4. The summed E-state index contributed by atoms with van der Waals surface area (Å²) in [5.74, 6) is 0.616. The van der Waals surface area contributed by atoms with Gasteiger partial charge in [-0.25, -0.2) is 0 Å². The summed E-state index contributed by atoms with van der Waals surface area (Å²) in [7, 11) is 0. The van der Waals surface area contributed by atoms with Crippen LogP contribution in [0.15, 0.2) is 12.1 Å². The number of benzene rings is 1. The van der Waals surface area contributed by atoms with Gasteiger partial charge in [0.2, 0.25) is 0 Å². The Morgan fingerprint density at radius 3 is 1.50 bits per heavy atom. The molecule has 0 bridgehead atoms. The molecule has 0 atom stereocenters. The molecule has 0 aliphatic rings. The second kappa shape index (κ2) is 6.17. The number of alkyl halides is 1. The Kier molecular flexibility index (Phi) is 6.28. The topological polar surface area (TPSA) is 23.1 Å². The summed E-state index contributed by atoms with van der Waals surface area (Å²) < 4.78 is 0. The molecular weight excluding hydrogens is 255 g/mol. The summed E-state index contributed by atoms with van der Waals surface area (Å²) in [5.41, 5.74) is 2.47. The van der Waals surface area contributed by atoms with Gasteiger partial charge in [-0.15, -0.1) is 17.4 Å². The summed E-state index contributed by atoms with van der Waals surface area (Å²) in [6, 6.07) is 3.90. The van der Waals surface area contributed by atoms with Crippen LogP contribution in [0.2, 0.25) is 0 Å². The van der Waals surface area contributed by atoms with E-state index >= 15 is 0 Å². The quantitative estimate of drug-likeness (QED) is 0.556. The van der Waals surface area contributed by atoms with Crippen molar-refractivity contribution in [2.75, 3.05) is 0 Å². The maximum absolute atomic E-state index is 12.5. The van der Waals surface area contributed by atoms with Crippen LogP contribution in [0.4, 0.5) is 0 Å². The van der Waals surface area contributed by atoms with Crippen LogP contribution in [-0.4, -0.2) is 0 Å². The predicted octanol–water partition coefficient (Wildman–Crippen LogP) is 1.10. The molecule has 0 aliphatic heterocycles. The fourth-order valence-corrected chi connectivity index (χ4v) is 2.03. The van der Waals surface area contributed by atoms with Gasteiger partial charge in [0.05, 0.1) is 0 Å². The van der Waals surface area contributed by atoms with Crippen molar-refractivity contribution in [3.63, 3.8) is 0 Å². The van der Waals surface area contributed by atoms with E-state index in [1.807, 2.05) is 12.1 Å². The van der Waals surface area contributed by atoms with E-state index < -0.39 is 0 Å². The average molecular weight is 277 g/mol. The Bertz CT molecular complexity index is 378. The number of halogens is 1. The number of rotatable bonds is 1. The second-order valence-corrected chi connectivity index (χ2v) is 6.92. The van der Waals surface area contributed by atoms with E-state index in [0.29, 0.717) is 5.88 Å². The Morgan fingerprint density at radius 1 is 0.944 bits per heavy atom. The van der Waals surface area contributed by atoms with Gasteiger partial charge >= 0.3 is 29.6 Å². The van der Waals surface area contributed by atoms with Crippen molar-refractivity contribution in [3.05, 3.63) is 28.8 Å². The Hall–Kier alpha value is 0.310. The maximum atomic E-state index is 12.5. The SMILES string of the molecule is CC(C)(C)c1cc(CCl)cc(C(C)(C)C)c1[O-].[Na+]. The average Bonchev–Trinajstić information content (AvgIpc) is 2.14. The first-order chi connectivity index (χ1) is 7.57. The van der Waals surface area contributed by atoms with Crippen LogP contribution in [0, 0.1) is 0 Å². The summed E-state index contributed by atoms with van der Waals surface area (Å²) in [5, 5.41) is 12.5. The van der Waals surface area contributed by atoms with Gasteiger partial charge in [-0.3, -0.25) is 0 Å².